The highest BCUT2D eigenvalue weighted by molar-refractivity contribution is 8.04. The molecule has 4 atom stereocenters. The van der Waals surface area contributed by atoms with Crippen molar-refractivity contribution in [2.45, 2.75) is 39.8 Å². The van der Waals surface area contributed by atoms with E-state index in [4.69, 9.17) is 10.5 Å². The van der Waals surface area contributed by atoms with Crippen molar-refractivity contribution in [3.63, 3.8) is 0 Å². The highest BCUT2D eigenvalue weighted by Crippen LogP contribution is 2.48. The fourth-order valence-corrected chi connectivity index (χ4v) is 9.53. The third-order valence-corrected chi connectivity index (χ3v) is 11.6. The van der Waals surface area contributed by atoms with E-state index in [1.165, 1.54) is 18.6 Å². The van der Waals surface area contributed by atoms with Crippen LogP contribution in [-0.4, -0.2) is 74.7 Å². The van der Waals surface area contributed by atoms with Crippen LogP contribution in [0.3, 0.4) is 0 Å². The number of hydrogen-bond donors (Lipinski definition) is 2. The van der Waals surface area contributed by atoms with Crippen molar-refractivity contribution in [2.24, 2.45) is 11.8 Å². The quantitative estimate of drug-likeness (QED) is 0.126. The van der Waals surface area contributed by atoms with Gasteiger partial charge in [-0.1, -0.05) is 6.42 Å². The first-order chi connectivity index (χ1) is 19.4. The maximum absolute atomic E-state index is 14.1. The number of rotatable bonds is 14. The van der Waals surface area contributed by atoms with Gasteiger partial charge in [-0.3, -0.25) is 13.9 Å². The van der Waals surface area contributed by atoms with E-state index in [-0.39, 0.29) is 23.1 Å². The average Bonchev–Trinajstić information content (AvgIpc) is 2.89. The summed E-state index contributed by atoms with van der Waals surface area (Å²) in [5.41, 5.74) is 0.427. The second-order valence-corrected chi connectivity index (χ2v) is 15.9. The molecule has 1 saturated carbocycles. The van der Waals surface area contributed by atoms with Gasteiger partial charge in [-0.25, -0.2) is 19.9 Å². The van der Waals surface area contributed by atoms with Crippen LogP contribution in [0.1, 0.15) is 41.3 Å². The molecule has 0 saturated heterocycles. The van der Waals surface area contributed by atoms with E-state index in [0.717, 1.165) is 47.0 Å². The Morgan fingerprint density at radius 3 is 2.10 bits per heavy atom. The summed E-state index contributed by atoms with van der Waals surface area (Å²) in [4.78, 5) is 31.2. The number of aromatic nitrogens is 4. The molecule has 220 valence electrons. The highest BCUT2D eigenvalue weighted by Gasteiger charge is 2.42. The Bertz CT molecular complexity index is 1420. The predicted octanol–water partition coefficient (Wildman–Crippen LogP) is 3.42. The van der Waals surface area contributed by atoms with Crippen LogP contribution < -0.4 is 0 Å². The summed E-state index contributed by atoms with van der Waals surface area (Å²) in [6.45, 7) is 0. The van der Waals surface area contributed by atoms with Crippen molar-refractivity contribution in [1.82, 2.24) is 19.9 Å². The molecule has 4 unspecified atom stereocenters. The summed E-state index contributed by atoms with van der Waals surface area (Å²) in [6.07, 6.45) is 4.21. The lowest BCUT2D eigenvalue weighted by atomic mass is 9.76. The molecule has 1 aliphatic rings. The molecule has 1 aliphatic carbocycles. The summed E-state index contributed by atoms with van der Waals surface area (Å²) in [6, 6.07) is 3.11. The predicted molar refractivity (Wildman–Crippen MR) is 156 cm³/mol. The van der Waals surface area contributed by atoms with Crippen molar-refractivity contribution in [3.05, 3.63) is 36.2 Å². The second kappa shape index (κ2) is 15.5. The number of hydrogen-bond acceptors (Lipinski definition) is 15. The van der Waals surface area contributed by atoms with Gasteiger partial charge in [0, 0.05) is 53.1 Å². The molecule has 2 heterocycles. The Hall–Kier alpha value is -1.97. The first kappa shape index (κ1) is 33.5. The average molecular weight is 677 g/mol. The van der Waals surface area contributed by atoms with Crippen LogP contribution in [0.15, 0.2) is 34.7 Å². The van der Waals surface area contributed by atoms with E-state index in [9.17, 15) is 30.7 Å². The van der Waals surface area contributed by atoms with Gasteiger partial charge in [0.05, 0.1) is 27.7 Å². The maximum atomic E-state index is 14.1. The smallest absolute Gasteiger partial charge is 0.265 e. The molecule has 0 radical (unpaired) electrons. The van der Waals surface area contributed by atoms with Gasteiger partial charge in [0.15, 0.2) is 0 Å². The molecule has 0 spiro atoms. The Balaban J connectivity index is 1.97. The van der Waals surface area contributed by atoms with E-state index in [1.54, 1.807) is 6.07 Å². The molecule has 0 amide bonds. The van der Waals surface area contributed by atoms with Crippen LogP contribution in [0.5, 0.6) is 0 Å². The lowest BCUT2D eigenvalue weighted by molar-refractivity contribution is -0.129. The molecule has 0 aliphatic heterocycles. The number of nitrogens with zero attached hydrogens (tertiary/aromatic N) is 6. The lowest BCUT2D eigenvalue weighted by Gasteiger charge is -2.35. The fraction of sp³-hybridized carbons (Fsp3) is 0.500. The molecule has 2 aromatic rings. The molecule has 13 nitrogen and oxygen atoms in total. The third kappa shape index (κ3) is 10.7. The van der Waals surface area contributed by atoms with E-state index in [0.29, 0.717) is 35.0 Å². The molecule has 0 aromatic carbocycles. The van der Waals surface area contributed by atoms with Gasteiger partial charge in [-0.2, -0.15) is 39.1 Å². The number of carbonyl (C=O) groups excluding carboxylic acids is 1. The van der Waals surface area contributed by atoms with Crippen molar-refractivity contribution < 1.29 is 30.7 Å². The molecular weight excluding hydrogens is 653 g/mol. The zero-order valence-corrected chi connectivity index (χ0v) is 26.0. The Morgan fingerprint density at radius 1 is 0.902 bits per heavy atom. The largest absolute Gasteiger partial charge is 0.299 e. The third-order valence-electron chi connectivity index (χ3n) is 5.93. The minimum Gasteiger partial charge on any atom is -0.299 e. The normalized spacial score (nSPS) is 19.2. The van der Waals surface area contributed by atoms with Crippen molar-refractivity contribution in [2.75, 3.05) is 23.0 Å². The highest BCUT2D eigenvalue weighted by atomic mass is 32.2. The summed E-state index contributed by atoms with van der Waals surface area (Å²) >= 11 is 3.89. The fourth-order valence-electron chi connectivity index (χ4n) is 4.27. The Labute approximate surface area is 254 Å². The van der Waals surface area contributed by atoms with Gasteiger partial charge in [-0.05, 0) is 25.0 Å². The molecule has 3 rings (SSSR count). The minimum atomic E-state index is -4.26. The zero-order valence-electron chi connectivity index (χ0n) is 21.1. The van der Waals surface area contributed by atoms with Gasteiger partial charge in [-0.15, -0.1) is 11.8 Å². The first-order valence-electron chi connectivity index (χ1n) is 11.9. The molecule has 0 bridgehead atoms. The van der Waals surface area contributed by atoms with Crippen molar-refractivity contribution in [1.29, 1.82) is 10.5 Å². The van der Waals surface area contributed by atoms with Crippen LogP contribution in [0.4, 0.5) is 0 Å². The van der Waals surface area contributed by atoms with Crippen LogP contribution in [-0.2, 0) is 25.0 Å². The summed E-state index contributed by atoms with van der Waals surface area (Å²) < 4.78 is 64.0. The van der Waals surface area contributed by atoms with Gasteiger partial charge < -0.3 is 0 Å². The minimum absolute atomic E-state index is 0.0221. The standard InChI is InChI=1S/C22H24N6O7S6/c23-11-38-17-4-5-25-22(28-17)21(37-7-9-41(33,34)35)15-3-1-2-14(19(15)29)20(36-6-8-40(30,31)32)16-10-18(39-12-24)27-13-26-16/h4-5,10,13-15,20-21H,1-3,6-9H2,(H,30,31,32)(H,33,34,35). The molecule has 41 heavy (non-hydrogen) atoms. The van der Waals surface area contributed by atoms with Crippen LogP contribution in [0, 0.1) is 33.2 Å². The van der Waals surface area contributed by atoms with Crippen molar-refractivity contribution >= 4 is 73.1 Å². The van der Waals surface area contributed by atoms with Gasteiger partial charge in [0.2, 0.25) is 0 Å². The molecule has 19 heteroatoms. The summed E-state index contributed by atoms with van der Waals surface area (Å²) in [5.74, 6) is -2.38. The lowest BCUT2D eigenvalue weighted by Crippen LogP contribution is -2.35. The van der Waals surface area contributed by atoms with Crippen molar-refractivity contribution in [3.8, 4) is 10.8 Å². The molecular formula is C22H24N6O7S6. The SMILES string of the molecule is N#CSc1cc(C(SCCS(=O)(=O)O)C2CCCC(C(SCCS(=O)(=O)O)c3nccc(SC#N)n3)C2=O)ncn1. The summed E-state index contributed by atoms with van der Waals surface area (Å²) in [7, 11) is -8.51. The van der Waals surface area contributed by atoms with E-state index in [1.807, 2.05) is 10.8 Å². The summed E-state index contributed by atoms with van der Waals surface area (Å²) in [5, 5.41) is 21.4. The van der Waals surface area contributed by atoms with Crippen LogP contribution in [0.2, 0.25) is 0 Å². The van der Waals surface area contributed by atoms with Crippen LogP contribution in [0.25, 0.3) is 0 Å². The number of carbonyl (C=O) groups is 1. The van der Waals surface area contributed by atoms with E-state index < -0.39 is 54.1 Å². The monoisotopic (exact) mass is 676 g/mol. The zero-order chi connectivity index (χ0) is 30.0. The maximum Gasteiger partial charge on any atom is 0.265 e. The van der Waals surface area contributed by atoms with E-state index in [2.05, 4.69) is 19.9 Å². The molecule has 2 N–H and O–H groups in total. The van der Waals surface area contributed by atoms with Gasteiger partial charge in [0.25, 0.3) is 20.2 Å². The van der Waals surface area contributed by atoms with E-state index >= 15 is 0 Å². The topological polar surface area (TPSA) is 225 Å². The molecule has 1 fully saturated rings. The number of thiocyanates is 2. The number of ketones is 1. The van der Waals surface area contributed by atoms with Crippen LogP contribution >= 0.6 is 47.0 Å². The number of Topliss-reactive ketones (excluding diaryl/α,β-unsaturated/α-hetero) is 1. The van der Waals surface area contributed by atoms with Gasteiger partial charge in [0.1, 0.15) is 38.8 Å². The number of thioether (sulfide) groups is 4. The second-order valence-electron chi connectivity index (χ2n) is 8.62. The molecule has 2 aromatic heterocycles. The van der Waals surface area contributed by atoms with Gasteiger partial charge >= 0.3 is 0 Å². The Morgan fingerprint density at radius 2 is 1.49 bits per heavy atom. The first-order valence-corrected chi connectivity index (χ1v) is 18.8. The Kier molecular flexibility index (Phi) is 12.7. The number of nitriles is 2.